The lowest BCUT2D eigenvalue weighted by Gasteiger charge is -2.16. The van der Waals surface area contributed by atoms with Gasteiger partial charge in [0, 0.05) is 18.2 Å². The minimum Gasteiger partial charge on any atom is -0.493 e. The van der Waals surface area contributed by atoms with Crippen molar-refractivity contribution in [2.45, 2.75) is 19.1 Å². The molecule has 0 saturated heterocycles. The number of fused-ring (bicyclic) bond motifs is 2. The number of carboxylic acid groups (broad SMARTS) is 1. The maximum Gasteiger partial charge on any atom is 0.416 e. The zero-order valence-corrected chi connectivity index (χ0v) is 17.2. The van der Waals surface area contributed by atoms with Crippen molar-refractivity contribution in [3.05, 3.63) is 82.9 Å². The number of nitrogens with zero attached hydrogens (tertiary/aromatic N) is 2. The summed E-state index contributed by atoms with van der Waals surface area (Å²) in [4.78, 5) is 15.9. The third-order valence-corrected chi connectivity index (χ3v) is 5.60. The second-order valence-electron chi connectivity index (χ2n) is 7.73. The third kappa shape index (κ3) is 3.97. The fourth-order valence-corrected chi connectivity index (χ4v) is 4.00. The van der Waals surface area contributed by atoms with Gasteiger partial charge in [-0.25, -0.2) is 9.78 Å². The Hall–Kier alpha value is -4.01. The number of nitrogens with one attached hydrogen (secondary N) is 1. The molecule has 2 N–H and O–H groups in total. The number of halogens is 3. The van der Waals surface area contributed by atoms with Gasteiger partial charge in [0.25, 0.3) is 0 Å². The second kappa shape index (κ2) is 7.84. The highest BCUT2D eigenvalue weighted by Gasteiger charge is 2.33. The summed E-state index contributed by atoms with van der Waals surface area (Å²) in [7, 11) is 0. The molecule has 3 aromatic carbocycles. The number of ether oxygens (including phenoxy) is 1. The van der Waals surface area contributed by atoms with Crippen LogP contribution in [0.1, 0.15) is 27.0 Å². The van der Waals surface area contributed by atoms with E-state index < -0.39 is 17.7 Å². The van der Waals surface area contributed by atoms with Gasteiger partial charge in [-0.3, -0.25) is 0 Å². The standard InChI is InChI=1S/C24H18F3N3O3/c25-24(26,27)18-4-2-1-3-16(18)13-30-20-8-6-15(22(31)32)11-19(20)29-23(30)28-17-7-5-14-9-10-33-21(14)12-17/h1-8,11-12H,9-10,13H2,(H,28,29)(H,31,32). The summed E-state index contributed by atoms with van der Waals surface area (Å²) in [6, 6.07) is 15.3. The summed E-state index contributed by atoms with van der Waals surface area (Å²) >= 11 is 0. The molecular weight excluding hydrogens is 435 g/mol. The molecule has 0 atom stereocenters. The van der Waals surface area contributed by atoms with E-state index in [-0.39, 0.29) is 17.7 Å². The van der Waals surface area contributed by atoms with Gasteiger partial charge in [-0.15, -0.1) is 0 Å². The van der Waals surface area contributed by atoms with Crippen LogP contribution >= 0.6 is 0 Å². The van der Waals surface area contributed by atoms with Crippen molar-refractivity contribution in [2.75, 3.05) is 11.9 Å². The van der Waals surface area contributed by atoms with E-state index in [1.807, 2.05) is 18.2 Å². The Morgan fingerprint density at radius 2 is 1.94 bits per heavy atom. The monoisotopic (exact) mass is 453 g/mol. The van der Waals surface area contributed by atoms with E-state index >= 15 is 0 Å². The van der Waals surface area contributed by atoms with Crippen molar-refractivity contribution < 1.29 is 27.8 Å². The minimum absolute atomic E-state index is 0.0420. The fraction of sp³-hybridized carbons (Fsp3) is 0.167. The molecule has 0 radical (unpaired) electrons. The molecule has 0 spiro atoms. The zero-order valence-electron chi connectivity index (χ0n) is 17.2. The Morgan fingerprint density at radius 1 is 1.12 bits per heavy atom. The highest BCUT2D eigenvalue weighted by molar-refractivity contribution is 5.93. The third-order valence-electron chi connectivity index (χ3n) is 5.60. The predicted molar refractivity (Wildman–Crippen MR) is 116 cm³/mol. The first kappa shape index (κ1) is 20.9. The summed E-state index contributed by atoms with van der Waals surface area (Å²) in [6.07, 6.45) is -3.69. The van der Waals surface area contributed by atoms with Gasteiger partial charge in [0.1, 0.15) is 5.75 Å². The highest BCUT2D eigenvalue weighted by Crippen LogP contribution is 2.34. The first-order valence-corrected chi connectivity index (χ1v) is 10.2. The summed E-state index contributed by atoms with van der Waals surface area (Å²) in [6.45, 7) is 0.492. The van der Waals surface area contributed by atoms with Crippen LogP contribution in [0.4, 0.5) is 24.8 Å². The molecule has 6 nitrogen and oxygen atoms in total. The van der Waals surface area contributed by atoms with E-state index in [0.717, 1.165) is 23.8 Å². The van der Waals surface area contributed by atoms with Crippen molar-refractivity contribution in [3.63, 3.8) is 0 Å². The Balaban J connectivity index is 1.61. The first-order chi connectivity index (χ1) is 15.8. The lowest BCUT2D eigenvalue weighted by Crippen LogP contribution is -2.13. The van der Waals surface area contributed by atoms with E-state index in [2.05, 4.69) is 10.3 Å². The second-order valence-corrected chi connectivity index (χ2v) is 7.73. The SMILES string of the molecule is O=C(O)c1ccc2c(c1)nc(Nc1ccc3c(c1)OCC3)n2Cc1ccccc1C(F)(F)F. The molecule has 0 fully saturated rings. The summed E-state index contributed by atoms with van der Waals surface area (Å²) in [5, 5.41) is 12.5. The number of aromatic nitrogens is 2. The number of carboxylic acids is 1. The number of benzene rings is 3. The van der Waals surface area contributed by atoms with Crippen LogP contribution in [0.25, 0.3) is 11.0 Å². The molecule has 5 rings (SSSR count). The Bertz CT molecular complexity index is 1380. The number of anilines is 2. The van der Waals surface area contributed by atoms with E-state index in [0.29, 0.717) is 29.3 Å². The molecule has 1 aliphatic rings. The number of alkyl halides is 3. The van der Waals surface area contributed by atoms with E-state index in [1.54, 1.807) is 16.7 Å². The van der Waals surface area contributed by atoms with Crippen LogP contribution in [0, 0.1) is 0 Å². The van der Waals surface area contributed by atoms with Gasteiger partial charge >= 0.3 is 12.1 Å². The van der Waals surface area contributed by atoms with Crippen LogP contribution in [0.3, 0.4) is 0 Å². The van der Waals surface area contributed by atoms with Crippen molar-refractivity contribution >= 4 is 28.6 Å². The first-order valence-electron chi connectivity index (χ1n) is 10.2. The number of hydrogen-bond donors (Lipinski definition) is 2. The van der Waals surface area contributed by atoms with E-state index in [4.69, 9.17) is 4.74 Å². The molecule has 0 bridgehead atoms. The molecule has 0 amide bonds. The Labute approximate surface area is 186 Å². The van der Waals surface area contributed by atoms with Crippen LogP contribution in [0.2, 0.25) is 0 Å². The molecule has 1 aliphatic heterocycles. The van der Waals surface area contributed by atoms with Crippen molar-refractivity contribution in [1.29, 1.82) is 0 Å². The predicted octanol–water partition coefficient (Wildman–Crippen LogP) is 5.48. The number of aromatic carboxylic acids is 1. The summed E-state index contributed by atoms with van der Waals surface area (Å²) in [5.74, 6) is -0.0696. The van der Waals surface area contributed by atoms with Crippen LogP contribution in [-0.4, -0.2) is 27.2 Å². The van der Waals surface area contributed by atoms with Crippen molar-refractivity contribution in [2.24, 2.45) is 0 Å². The summed E-state index contributed by atoms with van der Waals surface area (Å²) < 4.78 is 48.0. The van der Waals surface area contributed by atoms with E-state index in [9.17, 15) is 23.1 Å². The largest absolute Gasteiger partial charge is 0.493 e. The van der Waals surface area contributed by atoms with Gasteiger partial charge in [-0.05, 0) is 41.5 Å². The molecule has 1 aromatic heterocycles. The lowest BCUT2D eigenvalue weighted by molar-refractivity contribution is -0.138. The van der Waals surface area contributed by atoms with Crippen LogP contribution in [0.5, 0.6) is 5.75 Å². The van der Waals surface area contributed by atoms with Crippen molar-refractivity contribution in [3.8, 4) is 5.75 Å². The maximum atomic E-state index is 13.6. The molecule has 4 aromatic rings. The number of rotatable bonds is 5. The van der Waals surface area contributed by atoms with Crippen LogP contribution in [0.15, 0.2) is 60.7 Å². The number of imidazole rings is 1. The topological polar surface area (TPSA) is 76.4 Å². The van der Waals surface area contributed by atoms with E-state index in [1.165, 1.54) is 24.3 Å². The summed E-state index contributed by atoms with van der Waals surface area (Å²) in [5.41, 5.74) is 2.00. The van der Waals surface area contributed by atoms with Gasteiger partial charge in [0.05, 0.1) is 35.3 Å². The molecule has 2 heterocycles. The Morgan fingerprint density at radius 3 is 2.73 bits per heavy atom. The van der Waals surface area contributed by atoms with Crippen LogP contribution < -0.4 is 10.1 Å². The molecule has 33 heavy (non-hydrogen) atoms. The average Bonchev–Trinajstić information content (AvgIpc) is 3.37. The zero-order chi connectivity index (χ0) is 23.2. The quantitative estimate of drug-likeness (QED) is 0.419. The van der Waals surface area contributed by atoms with Gasteiger partial charge < -0.3 is 19.7 Å². The maximum absolute atomic E-state index is 13.6. The van der Waals surface area contributed by atoms with Gasteiger partial charge in [0.2, 0.25) is 5.95 Å². The smallest absolute Gasteiger partial charge is 0.416 e. The fourth-order valence-electron chi connectivity index (χ4n) is 4.00. The normalized spacial score (nSPS) is 13.1. The molecule has 0 unspecified atom stereocenters. The van der Waals surface area contributed by atoms with Gasteiger partial charge in [-0.1, -0.05) is 24.3 Å². The van der Waals surface area contributed by atoms with Gasteiger partial charge in [-0.2, -0.15) is 13.2 Å². The molecule has 0 aliphatic carbocycles. The Kier molecular flexibility index (Phi) is 4.96. The van der Waals surface area contributed by atoms with Crippen LogP contribution in [-0.2, 0) is 19.1 Å². The number of hydrogen-bond acceptors (Lipinski definition) is 4. The molecule has 168 valence electrons. The lowest BCUT2D eigenvalue weighted by atomic mass is 10.1. The number of carbonyl (C=O) groups is 1. The molecule has 0 saturated carbocycles. The minimum atomic E-state index is -4.51. The highest BCUT2D eigenvalue weighted by atomic mass is 19.4. The van der Waals surface area contributed by atoms with Gasteiger partial charge in [0.15, 0.2) is 0 Å². The molecule has 9 heteroatoms. The molecular formula is C24H18F3N3O3. The van der Waals surface area contributed by atoms with Crippen molar-refractivity contribution in [1.82, 2.24) is 9.55 Å². The average molecular weight is 453 g/mol.